The molecule has 0 radical (unpaired) electrons. The van der Waals surface area contributed by atoms with Gasteiger partial charge in [-0.1, -0.05) is 23.7 Å². The molecule has 2 saturated heterocycles. The van der Waals surface area contributed by atoms with Crippen LogP contribution in [0.4, 0.5) is 4.79 Å². The molecule has 0 aliphatic carbocycles. The number of carbonyl (C=O) groups excluding carboxylic acids is 1. The van der Waals surface area contributed by atoms with Gasteiger partial charge < -0.3 is 9.64 Å². The van der Waals surface area contributed by atoms with Gasteiger partial charge in [0, 0.05) is 50.8 Å². The first-order valence-corrected chi connectivity index (χ1v) is 8.19. The molecular weight excluding hydrogens is 302 g/mol. The molecule has 2 fully saturated rings. The van der Waals surface area contributed by atoms with Crippen LogP contribution in [0, 0.1) is 0 Å². The van der Waals surface area contributed by atoms with Gasteiger partial charge in [0.2, 0.25) is 0 Å². The molecular formula is C16H22ClN3O2. The van der Waals surface area contributed by atoms with E-state index in [1.165, 1.54) is 5.56 Å². The van der Waals surface area contributed by atoms with E-state index in [4.69, 9.17) is 16.3 Å². The number of ether oxygens (including phenoxy) is 1. The third-order valence-electron chi connectivity index (χ3n) is 4.29. The quantitative estimate of drug-likeness (QED) is 0.829. The molecule has 0 spiro atoms. The lowest BCUT2D eigenvalue weighted by molar-refractivity contribution is 0.116. The lowest BCUT2D eigenvalue weighted by Gasteiger charge is -2.35. The minimum Gasteiger partial charge on any atom is -0.448 e. The highest BCUT2D eigenvalue weighted by molar-refractivity contribution is 6.30. The largest absolute Gasteiger partial charge is 0.448 e. The summed E-state index contributed by atoms with van der Waals surface area (Å²) < 4.78 is 4.95. The summed E-state index contributed by atoms with van der Waals surface area (Å²) in [5.41, 5.74) is 1.26. The third-order valence-corrected chi connectivity index (χ3v) is 4.53. The van der Waals surface area contributed by atoms with E-state index in [9.17, 15) is 4.79 Å². The second kappa shape index (κ2) is 7.31. The van der Waals surface area contributed by atoms with Gasteiger partial charge in [0.05, 0.1) is 6.54 Å². The second-order valence-electron chi connectivity index (χ2n) is 5.85. The standard InChI is InChI=1S/C16H22ClN3O2/c17-15-3-1-2-14(12-15)13-19-6-4-18(5-7-19)8-9-20-10-11-22-16(20)21/h1-3,12H,4-11,13H2. The number of halogens is 1. The number of nitrogens with zero attached hydrogens (tertiary/aromatic N) is 3. The Kier molecular flexibility index (Phi) is 5.18. The predicted octanol–water partition coefficient (Wildman–Crippen LogP) is 1.91. The fraction of sp³-hybridized carbons (Fsp3) is 0.562. The first-order chi connectivity index (χ1) is 10.7. The maximum Gasteiger partial charge on any atom is 0.409 e. The van der Waals surface area contributed by atoms with Crippen molar-refractivity contribution in [3.8, 4) is 0 Å². The molecule has 0 N–H and O–H groups in total. The molecule has 0 bridgehead atoms. The van der Waals surface area contributed by atoms with Crippen molar-refractivity contribution in [2.75, 3.05) is 52.4 Å². The molecule has 0 unspecified atom stereocenters. The van der Waals surface area contributed by atoms with Crippen LogP contribution in [0.2, 0.25) is 5.02 Å². The summed E-state index contributed by atoms with van der Waals surface area (Å²) in [6, 6.07) is 8.07. The van der Waals surface area contributed by atoms with Crippen molar-refractivity contribution in [2.24, 2.45) is 0 Å². The van der Waals surface area contributed by atoms with E-state index in [1.54, 1.807) is 4.90 Å². The van der Waals surface area contributed by atoms with Crippen molar-refractivity contribution in [1.82, 2.24) is 14.7 Å². The predicted molar refractivity (Wildman–Crippen MR) is 86.1 cm³/mol. The van der Waals surface area contributed by atoms with Gasteiger partial charge in [-0.3, -0.25) is 9.80 Å². The Morgan fingerprint density at radius 3 is 2.50 bits per heavy atom. The highest BCUT2D eigenvalue weighted by Crippen LogP contribution is 2.14. The van der Waals surface area contributed by atoms with Gasteiger partial charge in [-0.25, -0.2) is 4.79 Å². The van der Waals surface area contributed by atoms with Crippen LogP contribution < -0.4 is 0 Å². The summed E-state index contributed by atoms with van der Waals surface area (Å²) in [5.74, 6) is 0. The number of cyclic esters (lactones) is 1. The van der Waals surface area contributed by atoms with E-state index in [0.29, 0.717) is 6.61 Å². The average Bonchev–Trinajstić information content (AvgIpc) is 2.92. The molecule has 22 heavy (non-hydrogen) atoms. The topological polar surface area (TPSA) is 36.0 Å². The Balaban J connectivity index is 1.39. The van der Waals surface area contributed by atoms with Gasteiger partial charge in [0.1, 0.15) is 6.61 Å². The molecule has 6 heteroatoms. The van der Waals surface area contributed by atoms with Crippen LogP contribution in [-0.2, 0) is 11.3 Å². The molecule has 5 nitrogen and oxygen atoms in total. The molecule has 2 heterocycles. The van der Waals surface area contributed by atoms with Gasteiger partial charge in [0.15, 0.2) is 0 Å². The smallest absolute Gasteiger partial charge is 0.409 e. The Morgan fingerprint density at radius 2 is 1.82 bits per heavy atom. The molecule has 0 atom stereocenters. The number of piperazine rings is 1. The zero-order valence-electron chi connectivity index (χ0n) is 12.7. The maximum atomic E-state index is 11.4. The second-order valence-corrected chi connectivity index (χ2v) is 6.29. The zero-order chi connectivity index (χ0) is 15.4. The fourth-order valence-electron chi connectivity index (χ4n) is 2.96. The van der Waals surface area contributed by atoms with E-state index >= 15 is 0 Å². The van der Waals surface area contributed by atoms with Crippen LogP contribution in [0.15, 0.2) is 24.3 Å². The highest BCUT2D eigenvalue weighted by Gasteiger charge is 2.23. The van der Waals surface area contributed by atoms with E-state index in [-0.39, 0.29) is 6.09 Å². The molecule has 0 saturated carbocycles. The van der Waals surface area contributed by atoms with Gasteiger partial charge in [0.25, 0.3) is 0 Å². The summed E-state index contributed by atoms with van der Waals surface area (Å²) >= 11 is 6.03. The number of hydrogen-bond donors (Lipinski definition) is 0. The first-order valence-electron chi connectivity index (χ1n) is 7.81. The van der Waals surface area contributed by atoms with E-state index < -0.39 is 0 Å². The van der Waals surface area contributed by atoms with Gasteiger partial charge >= 0.3 is 6.09 Å². The summed E-state index contributed by atoms with van der Waals surface area (Å²) in [6.07, 6.45) is -0.167. The number of amides is 1. The Bertz CT molecular complexity index is 518. The number of hydrogen-bond acceptors (Lipinski definition) is 4. The molecule has 1 amide bonds. The molecule has 3 rings (SSSR count). The van der Waals surface area contributed by atoms with Crippen LogP contribution in [0.5, 0.6) is 0 Å². The van der Waals surface area contributed by atoms with Crippen LogP contribution in [0.25, 0.3) is 0 Å². The Morgan fingerprint density at radius 1 is 1.05 bits per heavy atom. The molecule has 120 valence electrons. The molecule has 2 aliphatic heterocycles. The van der Waals surface area contributed by atoms with Gasteiger partial charge in [-0.15, -0.1) is 0 Å². The monoisotopic (exact) mass is 323 g/mol. The molecule has 2 aliphatic rings. The van der Waals surface area contributed by atoms with Crippen molar-refractivity contribution >= 4 is 17.7 Å². The Labute approximate surface area is 136 Å². The summed E-state index contributed by atoms with van der Waals surface area (Å²) in [6.45, 7) is 8.11. The minimum absolute atomic E-state index is 0.167. The molecule has 0 aromatic heterocycles. The SMILES string of the molecule is O=C1OCCN1CCN1CCN(Cc2cccc(Cl)c2)CC1. The van der Waals surface area contributed by atoms with Crippen LogP contribution in [0.3, 0.4) is 0 Å². The lowest BCUT2D eigenvalue weighted by atomic mass is 10.2. The first kappa shape index (κ1) is 15.6. The van der Waals surface area contributed by atoms with Crippen molar-refractivity contribution in [1.29, 1.82) is 0 Å². The summed E-state index contributed by atoms with van der Waals surface area (Å²) in [4.78, 5) is 18.1. The van der Waals surface area contributed by atoms with E-state index in [1.807, 2.05) is 18.2 Å². The Hall–Kier alpha value is -1.30. The minimum atomic E-state index is -0.167. The summed E-state index contributed by atoms with van der Waals surface area (Å²) in [5, 5.41) is 0.800. The van der Waals surface area contributed by atoms with Crippen LogP contribution in [0.1, 0.15) is 5.56 Å². The van der Waals surface area contributed by atoms with Gasteiger partial charge in [-0.2, -0.15) is 0 Å². The van der Waals surface area contributed by atoms with Gasteiger partial charge in [-0.05, 0) is 17.7 Å². The highest BCUT2D eigenvalue weighted by atomic mass is 35.5. The van der Waals surface area contributed by atoms with Crippen molar-refractivity contribution in [3.05, 3.63) is 34.9 Å². The fourth-order valence-corrected chi connectivity index (χ4v) is 3.17. The van der Waals surface area contributed by atoms with E-state index in [2.05, 4.69) is 15.9 Å². The maximum absolute atomic E-state index is 11.4. The van der Waals surface area contributed by atoms with Crippen LogP contribution in [-0.4, -0.2) is 73.2 Å². The average molecular weight is 324 g/mol. The number of carbonyl (C=O) groups is 1. The molecule has 1 aromatic rings. The molecule has 1 aromatic carbocycles. The van der Waals surface area contributed by atoms with E-state index in [0.717, 1.165) is 57.4 Å². The summed E-state index contributed by atoms with van der Waals surface area (Å²) in [7, 11) is 0. The number of benzene rings is 1. The van der Waals surface area contributed by atoms with Crippen molar-refractivity contribution < 1.29 is 9.53 Å². The lowest BCUT2D eigenvalue weighted by Crippen LogP contribution is -2.48. The van der Waals surface area contributed by atoms with Crippen molar-refractivity contribution in [3.63, 3.8) is 0 Å². The van der Waals surface area contributed by atoms with Crippen LogP contribution >= 0.6 is 11.6 Å². The third kappa shape index (κ3) is 4.12. The number of rotatable bonds is 5. The van der Waals surface area contributed by atoms with Crippen molar-refractivity contribution in [2.45, 2.75) is 6.54 Å². The zero-order valence-corrected chi connectivity index (χ0v) is 13.5. The normalized spacial score (nSPS) is 20.4.